The number of hydrogen-bond donors (Lipinski definition) is 1. The van der Waals surface area contributed by atoms with Gasteiger partial charge in [0.15, 0.2) is 0 Å². The first kappa shape index (κ1) is 26.5. The van der Waals surface area contributed by atoms with Gasteiger partial charge in [0.25, 0.3) is 0 Å². The molecule has 0 aliphatic heterocycles. The zero-order chi connectivity index (χ0) is 24.5. The topological polar surface area (TPSA) is 37.3 Å². The number of benzene rings is 3. The predicted octanol–water partition coefficient (Wildman–Crippen LogP) is 7.28. The van der Waals surface area contributed by atoms with Crippen LogP contribution in [0.1, 0.15) is 44.9 Å². The summed E-state index contributed by atoms with van der Waals surface area (Å²) in [5, 5.41) is 9.53. The van der Waals surface area contributed by atoms with E-state index >= 15 is 0 Å². The number of carboxylic acids is 1. The number of carbonyl (C=O) groups is 1. The van der Waals surface area contributed by atoms with E-state index in [0.717, 1.165) is 25.4 Å². The number of rotatable bonds is 13. The molecule has 0 bridgehead atoms. The molecule has 6 heteroatoms. The molecule has 0 saturated heterocycles. The molecular weight excluding hydrogens is 517 g/mol. The van der Waals surface area contributed by atoms with Crippen molar-refractivity contribution >= 4 is 42.7 Å². The van der Waals surface area contributed by atoms with Crippen LogP contribution in [0, 0.1) is 0 Å². The number of hydrogen-bond acceptors (Lipinski definition) is 1. The molecule has 3 aromatic rings. The molecule has 3 rings (SSSR count). The van der Waals surface area contributed by atoms with Crippen LogP contribution in [-0.2, 0) is 4.79 Å². The predicted molar refractivity (Wildman–Crippen MR) is 144 cm³/mol. The fourth-order valence-electron chi connectivity index (χ4n) is 4.68. The third-order valence-corrected chi connectivity index (χ3v) is 16.4. The van der Waals surface area contributed by atoms with Crippen molar-refractivity contribution in [3.63, 3.8) is 0 Å². The standard InChI is InChI=1S/C28H32BrF2O2P/c29-34(24-15-7-4-8-16-24,25-17-9-5-10-18-25,26-19-11-6-12-20-26)22-14-3-1-2-13-21-28(30,31)23-27(32)33/h4-12,15-20H,1-3,13-14,21-23H2,(H,32,33). The second kappa shape index (κ2) is 11.6. The Balaban J connectivity index is 1.78. The van der Waals surface area contributed by atoms with Crippen LogP contribution >= 0.6 is 20.8 Å². The summed E-state index contributed by atoms with van der Waals surface area (Å²) in [7, 11) is 0. The molecule has 34 heavy (non-hydrogen) atoms. The van der Waals surface area contributed by atoms with Gasteiger partial charge < -0.3 is 0 Å². The van der Waals surface area contributed by atoms with Crippen molar-refractivity contribution in [2.24, 2.45) is 0 Å². The normalized spacial score (nSPS) is 13.2. The Kier molecular flexibility index (Phi) is 9.01. The molecule has 0 saturated carbocycles. The first-order chi connectivity index (χ1) is 16.3. The Hall–Kier alpha value is -2.10. The monoisotopic (exact) mass is 548 g/mol. The van der Waals surface area contributed by atoms with E-state index in [9.17, 15) is 13.6 Å². The van der Waals surface area contributed by atoms with Crippen molar-refractivity contribution in [1.82, 2.24) is 0 Å². The fraction of sp³-hybridized carbons (Fsp3) is 0.321. The summed E-state index contributed by atoms with van der Waals surface area (Å²) in [6.07, 6.45) is 3.23. The van der Waals surface area contributed by atoms with Gasteiger partial charge in [-0.15, -0.1) is 0 Å². The van der Waals surface area contributed by atoms with Crippen molar-refractivity contribution in [1.29, 1.82) is 0 Å². The molecule has 0 fully saturated rings. The summed E-state index contributed by atoms with van der Waals surface area (Å²) in [6, 6.07) is 31.8. The Morgan fingerprint density at radius 1 is 0.706 bits per heavy atom. The summed E-state index contributed by atoms with van der Waals surface area (Å²) in [4.78, 5) is 10.6. The van der Waals surface area contributed by atoms with Gasteiger partial charge in [0.2, 0.25) is 0 Å². The van der Waals surface area contributed by atoms with E-state index in [1.165, 1.54) is 15.9 Å². The van der Waals surface area contributed by atoms with E-state index in [1.54, 1.807) is 0 Å². The van der Waals surface area contributed by atoms with Crippen molar-refractivity contribution in [2.75, 3.05) is 6.16 Å². The van der Waals surface area contributed by atoms with Crippen molar-refractivity contribution in [2.45, 2.75) is 50.9 Å². The summed E-state index contributed by atoms with van der Waals surface area (Å²) in [5.41, 5.74) is 0. The van der Waals surface area contributed by atoms with Gasteiger partial charge in [-0.3, -0.25) is 0 Å². The van der Waals surface area contributed by atoms with Crippen molar-refractivity contribution < 1.29 is 18.7 Å². The Morgan fingerprint density at radius 3 is 1.50 bits per heavy atom. The SMILES string of the molecule is O=C(O)CC(F)(F)CCCCCCCP(Br)(c1ccccc1)(c1ccccc1)c1ccccc1. The van der Waals surface area contributed by atoms with Gasteiger partial charge in [-0.1, -0.05) is 0 Å². The number of aliphatic carboxylic acids is 1. The first-order valence-corrected chi connectivity index (χ1v) is 16.2. The Morgan fingerprint density at radius 2 is 1.09 bits per heavy atom. The van der Waals surface area contributed by atoms with Crippen LogP contribution in [0.5, 0.6) is 0 Å². The number of alkyl halides is 2. The molecule has 0 atom stereocenters. The average molecular weight is 549 g/mol. The zero-order valence-electron chi connectivity index (χ0n) is 19.3. The molecule has 1 N–H and O–H groups in total. The van der Waals surface area contributed by atoms with Gasteiger partial charge in [-0.2, -0.15) is 0 Å². The van der Waals surface area contributed by atoms with Crippen LogP contribution in [0.4, 0.5) is 8.78 Å². The van der Waals surface area contributed by atoms with E-state index in [1.807, 2.05) is 18.2 Å². The second-order valence-corrected chi connectivity index (χ2v) is 17.9. The van der Waals surface area contributed by atoms with Gasteiger partial charge in [0, 0.05) is 0 Å². The zero-order valence-corrected chi connectivity index (χ0v) is 21.7. The van der Waals surface area contributed by atoms with Crippen LogP contribution < -0.4 is 15.9 Å². The molecule has 0 heterocycles. The molecule has 3 aromatic carbocycles. The molecule has 0 spiro atoms. The third-order valence-electron chi connectivity index (χ3n) is 6.41. The van der Waals surface area contributed by atoms with Crippen molar-refractivity contribution in [3.05, 3.63) is 91.0 Å². The first-order valence-electron chi connectivity index (χ1n) is 11.8. The maximum absolute atomic E-state index is 13.6. The quantitative estimate of drug-likeness (QED) is 0.180. The van der Waals surface area contributed by atoms with Gasteiger partial charge in [-0.05, 0) is 0 Å². The van der Waals surface area contributed by atoms with Crippen molar-refractivity contribution in [3.8, 4) is 0 Å². The molecule has 0 amide bonds. The van der Waals surface area contributed by atoms with Crippen LogP contribution in [0.25, 0.3) is 0 Å². The minimum atomic E-state index is -3.12. The molecule has 0 aliphatic carbocycles. The number of halogens is 3. The molecule has 2 nitrogen and oxygen atoms in total. The molecular formula is C28H32BrF2O2P. The third kappa shape index (κ3) is 6.12. The summed E-state index contributed by atoms with van der Waals surface area (Å²) < 4.78 is 27.3. The van der Waals surface area contributed by atoms with E-state index in [2.05, 4.69) is 88.3 Å². The second-order valence-electron chi connectivity index (χ2n) is 8.86. The summed E-state index contributed by atoms with van der Waals surface area (Å²) in [5.74, 6) is -4.57. The summed E-state index contributed by atoms with van der Waals surface area (Å²) in [6.45, 7) is 0. The molecule has 0 aliphatic rings. The molecule has 0 radical (unpaired) electrons. The Labute approximate surface area is 209 Å². The van der Waals surface area contributed by atoms with E-state index in [4.69, 9.17) is 5.11 Å². The van der Waals surface area contributed by atoms with Gasteiger partial charge in [-0.25, -0.2) is 0 Å². The van der Waals surface area contributed by atoms with E-state index in [-0.39, 0.29) is 6.42 Å². The maximum atomic E-state index is 13.6. The van der Waals surface area contributed by atoms with Crippen LogP contribution in [-0.4, -0.2) is 23.2 Å². The molecule has 0 unspecified atom stereocenters. The van der Waals surface area contributed by atoms with Gasteiger partial charge >= 0.3 is 209 Å². The van der Waals surface area contributed by atoms with E-state index in [0.29, 0.717) is 12.8 Å². The minimum absolute atomic E-state index is 0.342. The molecule has 0 aromatic heterocycles. The summed E-state index contributed by atoms with van der Waals surface area (Å²) >= 11 is 4.43. The Bertz CT molecular complexity index is 946. The van der Waals surface area contributed by atoms with Crippen LogP contribution in [0.3, 0.4) is 0 Å². The van der Waals surface area contributed by atoms with E-state index < -0.39 is 23.6 Å². The van der Waals surface area contributed by atoms with Crippen LogP contribution in [0.15, 0.2) is 91.0 Å². The molecule has 182 valence electrons. The van der Waals surface area contributed by atoms with Crippen LogP contribution in [0.2, 0.25) is 0 Å². The average Bonchev–Trinajstić information content (AvgIpc) is 2.84. The number of unbranched alkanes of at least 4 members (excludes halogenated alkanes) is 4. The van der Waals surface area contributed by atoms with Gasteiger partial charge in [0.05, 0.1) is 0 Å². The number of carboxylic acid groups (broad SMARTS) is 1. The van der Waals surface area contributed by atoms with Gasteiger partial charge in [0.1, 0.15) is 0 Å². The fourth-order valence-corrected chi connectivity index (χ4v) is 12.4.